The third kappa shape index (κ3) is 4.67. The second kappa shape index (κ2) is 8.91. The van der Waals surface area contributed by atoms with E-state index in [0.29, 0.717) is 31.0 Å². The number of H-pyrrole nitrogens is 1. The second-order valence-corrected chi connectivity index (χ2v) is 8.66. The van der Waals surface area contributed by atoms with Gasteiger partial charge in [0.05, 0.1) is 5.69 Å². The molecule has 8 nitrogen and oxygen atoms in total. The molecule has 30 heavy (non-hydrogen) atoms. The zero-order chi connectivity index (χ0) is 21.1. The molecule has 0 bridgehead atoms. The molecule has 0 atom stereocenters. The van der Waals surface area contributed by atoms with Crippen LogP contribution in [0.5, 0.6) is 0 Å². The van der Waals surface area contributed by atoms with Crippen molar-refractivity contribution in [1.82, 2.24) is 29.6 Å². The van der Waals surface area contributed by atoms with Gasteiger partial charge in [0.15, 0.2) is 0 Å². The van der Waals surface area contributed by atoms with Crippen molar-refractivity contribution in [1.29, 1.82) is 0 Å². The van der Waals surface area contributed by atoms with E-state index in [4.69, 9.17) is 0 Å². The van der Waals surface area contributed by atoms with Crippen LogP contribution in [0.25, 0.3) is 10.7 Å². The fraction of sp³-hybridized carbons (Fsp3) is 0.476. The van der Waals surface area contributed by atoms with Gasteiger partial charge in [-0.3, -0.25) is 14.3 Å². The highest BCUT2D eigenvalue weighted by atomic mass is 32.1. The number of nitrogens with one attached hydrogen (secondary N) is 1. The Morgan fingerprint density at radius 3 is 2.73 bits per heavy atom. The first-order valence-electron chi connectivity index (χ1n) is 10.3. The topological polar surface area (TPSA) is 96.8 Å². The summed E-state index contributed by atoms with van der Waals surface area (Å²) in [6.45, 7) is 6.15. The molecule has 0 aliphatic carbocycles. The van der Waals surface area contributed by atoms with E-state index < -0.39 is 0 Å². The molecule has 0 unspecified atom stereocenters. The smallest absolute Gasteiger partial charge is 0.251 e. The van der Waals surface area contributed by atoms with Crippen molar-refractivity contribution in [3.8, 4) is 10.7 Å². The summed E-state index contributed by atoms with van der Waals surface area (Å²) in [6.07, 6.45) is 4.62. The minimum atomic E-state index is -0.159. The minimum Gasteiger partial charge on any atom is -0.343 e. The molecule has 1 saturated heterocycles. The molecule has 3 aromatic heterocycles. The molecule has 1 aliphatic heterocycles. The molecule has 1 N–H and O–H groups in total. The molecular weight excluding hydrogens is 400 g/mol. The first-order chi connectivity index (χ1) is 14.5. The molecule has 0 spiro atoms. The molecule has 3 aromatic rings. The highest BCUT2D eigenvalue weighted by Crippen LogP contribution is 2.27. The Morgan fingerprint density at radius 1 is 1.27 bits per heavy atom. The number of thiazole rings is 1. The number of likely N-dealkylation sites (tertiary alicyclic amines) is 1. The van der Waals surface area contributed by atoms with Crippen molar-refractivity contribution < 1.29 is 4.79 Å². The number of hydrogen-bond acceptors (Lipinski definition) is 6. The standard InChI is InChI=1S/C21H26N6O2S/c1-14-12-15(2)27(25-14)8-3-4-19(29)26-9-5-16(6-10-26)20-23-17(13-18(28)24-20)21-22-7-11-30-21/h7,11-13,16H,3-6,8-10H2,1-2H3,(H,23,24,28). The third-order valence-corrected chi connectivity index (χ3v) is 6.31. The van der Waals surface area contributed by atoms with E-state index in [1.165, 1.54) is 17.4 Å². The molecule has 0 aromatic carbocycles. The van der Waals surface area contributed by atoms with Crippen LogP contribution in [0.2, 0.25) is 0 Å². The Bertz CT molecular complexity index is 1060. The quantitative estimate of drug-likeness (QED) is 0.654. The van der Waals surface area contributed by atoms with E-state index in [-0.39, 0.29) is 17.4 Å². The van der Waals surface area contributed by atoms with Gasteiger partial charge < -0.3 is 9.88 Å². The van der Waals surface area contributed by atoms with E-state index in [0.717, 1.165) is 42.2 Å². The Kier molecular flexibility index (Phi) is 6.08. The predicted molar refractivity (Wildman–Crippen MR) is 115 cm³/mol. The van der Waals surface area contributed by atoms with E-state index in [1.54, 1.807) is 6.20 Å². The Balaban J connectivity index is 1.31. The normalized spacial score (nSPS) is 14.9. The average Bonchev–Trinajstić information content (AvgIpc) is 3.37. The van der Waals surface area contributed by atoms with Gasteiger partial charge in [-0.05, 0) is 39.2 Å². The van der Waals surface area contributed by atoms with Crippen LogP contribution in [0.4, 0.5) is 0 Å². The van der Waals surface area contributed by atoms with Crippen LogP contribution < -0.4 is 5.56 Å². The molecule has 4 rings (SSSR count). The highest BCUT2D eigenvalue weighted by Gasteiger charge is 2.25. The summed E-state index contributed by atoms with van der Waals surface area (Å²) in [5.74, 6) is 1.04. The lowest BCUT2D eigenvalue weighted by molar-refractivity contribution is -0.132. The van der Waals surface area contributed by atoms with Crippen LogP contribution in [-0.2, 0) is 11.3 Å². The number of amides is 1. The van der Waals surface area contributed by atoms with Crippen molar-refractivity contribution in [2.24, 2.45) is 0 Å². The monoisotopic (exact) mass is 426 g/mol. The zero-order valence-corrected chi connectivity index (χ0v) is 18.1. The van der Waals surface area contributed by atoms with E-state index in [2.05, 4.69) is 26.1 Å². The summed E-state index contributed by atoms with van der Waals surface area (Å²) in [7, 11) is 0. The molecule has 1 fully saturated rings. The SMILES string of the molecule is Cc1cc(C)n(CCCC(=O)N2CCC(c3nc(-c4nccs4)cc(=O)[nH]3)CC2)n1. The van der Waals surface area contributed by atoms with Gasteiger partial charge in [0.2, 0.25) is 5.91 Å². The second-order valence-electron chi connectivity index (χ2n) is 7.76. The van der Waals surface area contributed by atoms with Crippen LogP contribution in [-0.4, -0.2) is 48.6 Å². The summed E-state index contributed by atoms with van der Waals surface area (Å²) in [6, 6.07) is 3.54. The third-order valence-electron chi connectivity index (χ3n) is 5.51. The van der Waals surface area contributed by atoms with Crippen molar-refractivity contribution in [2.45, 2.75) is 52.0 Å². The number of nitrogens with zero attached hydrogens (tertiary/aromatic N) is 5. The minimum absolute atomic E-state index is 0.149. The number of hydrogen-bond donors (Lipinski definition) is 1. The first kappa shape index (κ1) is 20.5. The number of aromatic nitrogens is 5. The molecule has 1 aliphatic rings. The maximum atomic E-state index is 12.6. The molecule has 158 valence electrons. The summed E-state index contributed by atoms with van der Waals surface area (Å²) in [4.78, 5) is 38.4. The van der Waals surface area contributed by atoms with Crippen molar-refractivity contribution in [2.75, 3.05) is 13.1 Å². The number of carbonyl (C=O) groups is 1. The number of carbonyl (C=O) groups excluding carboxylic acids is 1. The van der Waals surface area contributed by atoms with Gasteiger partial charge in [-0.25, -0.2) is 9.97 Å². The largest absolute Gasteiger partial charge is 0.343 e. The summed E-state index contributed by atoms with van der Waals surface area (Å²) >= 11 is 1.47. The number of aromatic amines is 1. The summed E-state index contributed by atoms with van der Waals surface area (Å²) in [5.41, 5.74) is 2.59. The van der Waals surface area contributed by atoms with E-state index >= 15 is 0 Å². The fourth-order valence-corrected chi connectivity index (χ4v) is 4.57. The van der Waals surface area contributed by atoms with E-state index in [1.807, 2.05) is 28.8 Å². The van der Waals surface area contributed by atoms with Crippen molar-refractivity contribution >= 4 is 17.2 Å². The zero-order valence-electron chi connectivity index (χ0n) is 17.3. The Morgan fingerprint density at radius 2 is 2.07 bits per heavy atom. The summed E-state index contributed by atoms with van der Waals surface area (Å²) in [5, 5.41) is 7.07. The average molecular weight is 427 g/mol. The predicted octanol–water partition coefficient (Wildman–Crippen LogP) is 2.89. The number of aryl methyl sites for hydroxylation is 3. The van der Waals surface area contributed by atoms with Crippen LogP contribution >= 0.6 is 11.3 Å². The number of piperidine rings is 1. The Labute approximate surface area is 179 Å². The number of rotatable bonds is 6. The molecule has 0 radical (unpaired) electrons. The Hall–Kier alpha value is -2.81. The molecule has 9 heteroatoms. The lowest BCUT2D eigenvalue weighted by Crippen LogP contribution is -2.38. The van der Waals surface area contributed by atoms with Crippen molar-refractivity contribution in [3.63, 3.8) is 0 Å². The van der Waals surface area contributed by atoms with Gasteiger partial charge in [0, 0.05) is 55.3 Å². The maximum Gasteiger partial charge on any atom is 0.251 e. The van der Waals surface area contributed by atoms with Gasteiger partial charge in [-0.1, -0.05) is 0 Å². The van der Waals surface area contributed by atoms with Gasteiger partial charge >= 0.3 is 0 Å². The molecule has 0 saturated carbocycles. The lowest BCUT2D eigenvalue weighted by Gasteiger charge is -2.31. The van der Waals surface area contributed by atoms with Gasteiger partial charge in [-0.15, -0.1) is 11.3 Å². The molecule has 4 heterocycles. The van der Waals surface area contributed by atoms with Crippen LogP contribution in [0.3, 0.4) is 0 Å². The molecular formula is C21H26N6O2S. The van der Waals surface area contributed by atoms with Gasteiger partial charge in [-0.2, -0.15) is 5.10 Å². The summed E-state index contributed by atoms with van der Waals surface area (Å²) < 4.78 is 1.96. The van der Waals surface area contributed by atoms with Crippen LogP contribution in [0.15, 0.2) is 28.5 Å². The van der Waals surface area contributed by atoms with Crippen LogP contribution in [0.1, 0.15) is 48.8 Å². The van der Waals surface area contributed by atoms with Gasteiger partial charge in [0.25, 0.3) is 5.56 Å². The van der Waals surface area contributed by atoms with Gasteiger partial charge in [0.1, 0.15) is 16.5 Å². The maximum absolute atomic E-state index is 12.6. The lowest BCUT2D eigenvalue weighted by atomic mass is 9.95. The fourth-order valence-electron chi connectivity index (χ4n) is 3.97. The molecule has 1 amide bonds. The van der Waals surface area contributed by atoms with Crippen LogP contribution in [0, 0.1) is 13.8 Å². The van der Waals surface area contributed by atoms with E-state index in [9.17, 15) is 9.59 Å². The first-order valence-corrected chi connectivity index (χ1v) is 11.2. The highest BCUT2D eigenvalue weighted by molar-refractivity contribution is 7.13. The van der Waals surface area contributed by atoms with Crippen molar-refractivity contribution in [3.05, 3.63) is 51.3 Å².